The first kappa shape index (κ1) is 23.5. The van der Waals surface area contributed by atoms with E-state index in [2.05, 4.69) is 10.3 Å². The molecule has 2 aromatic rings. The second-order valence-corrected chi connectivity index (χ2v) is 8.50. The molecule has 1 heterocycles. The van der Waals surface area contributed by atoms with Crippen molar-refractivity contribution in [1.82, 2.24) is 0 Å². The van der Waals surface area contributed by atoms with Gasteiger partial charge in [0, 0.05) is 11.8 Å². The average molecular weight is 527 g/mol. The number of halogens is 1. The lowest BCUT2D eigenvalue weighted by Crippen LogP contribution is -2.28. The Kier molecular flexibility index (Phi) is 9.29. The summed E-state index contributed by atoms with van der Waals surface area (Å²) in [6, 6.07) is 8.26. The van der Waals surface area contributed by atoms with Crippen LogP contribution in [0.25, 0.3) is 0 Å². The molecule has 1 aromatic heterocycles. The summed E-state index contributed by atoms with van der Waals surface area (Å²) >= 11 is 1.11. The van der Waals surface area contributed by atoms with Crippen LogP contribution in [0.2, 0.25) is 0 Å². The van der Waals surface area contributed by atoms with E-state index in [0.717, 1.165) is 11.3 Å². The molecular weight excluding hydrogens is 505 g/mol. The Morgan fingerprint density at radius 1 is 1.30 bits per heavy atom. The van der Waals surface area contributed by atoms with Crippen LogP contribution in [0.4, 0.5) is 5.69 Å². The van der Waals surface area contributed by atoms with E-state index in [0.29, 0.717) is 17.2 Å². The Hall–Kier alpha value is -1.57. The molecule has 0 saturated heterocycles. The second-order valence-electron chi connectivity index (χ2n) is 5.29. The number of benzene rings is 1. The molecule has 1 aromatic carbocycles. The summed E-state index contributed by atoms with van der Waals surface area (Å²) in [5.41, 5.74) is 6.40. The maximum absolute atomic E-state index is 12.1. The summed E-state index contributed by atoms with van der Waals surface area (Å²) < 4.78 is 34.8. The van der Waals surface area contributed by atoms with Gasteiger partial charge in [0.05, 0.1) is 32.6 Å². The Morgan fingerprint density at radius 2 is 2.00 bits per heavy atom. The molecule has 0 aliphatic rings. The van der Waals surface area contributed by atoms with Crippen molar-refractivity contribution in [3.8, 4) is 11.5 Å². The maximum atomic E-state index is 12.1. The fraction of sp³-hybridized carbons (Fsp3) is 0.312. The number of rotatable bonds is 8. The minimum absolute atomic E-state index is 0. The van der Waals surface area contributed by atoms with Crippen LogP contribution in [0, 0.1) is 0 Å². The van der Waals surface area contributed by atoms with Crippen molar-refractivity contribution < 1.29 is 23.0 Å². The van der Waals surface area contributed by atoms with Crippen LogP contribution >= 0.6 is 35.3 Å². The van der Waals surface area contributed by atoms with Gasteiger partial charge in [0.15, 0.2) is 27.3 Å². The average Bonchev–Trinajstić information content (AvgIpc) is 3.15. The minimum atomic E-state index is -3.53. The Labute approximate surface area is 179 Å². The van der Waals surface area contributed by atoms with Crippen LogP contribution in [0.5, 0.6) is 11.5 Å². The third-order valence-electron chi connectivity index (χ3n) is 3.34. The number of anilines is 1. The van der Waals surface area contributed by atoms with Gasteiger partial charge in [0.1, 0.15) is 4.21 Å². The van der Waals surface area contributed by atoms with E-state index in [1.807, 2.05) is 0 Å². The summed E-state index contributed by atoms with van der Waals surface area (Å²) in [6.45, 7) is -0.142. The first-order valence-electron chi connectivity index (χ1n) is 7.59. The molecule has 0 saturated carbocycles. The van der Waals surface area contributed by atoms with Gasteiger partial charge in [0.2, 0.25) is 0 Å². The van der Waals surface area contributed by atoms with Crippen LogP contribution in [-0.4, -0.2) is 52.1 Å². The van der Waals surface area contributed by atoms with Crippen molar-refractivity contribution in [2.24, 2.45) is 10.7 Å². The van der Waals surface area contributed by atoms with Crippen molar-refractivity contribution in [3.05, 3.63) is 35.7 Å². The molecule has 8 nitrogen and oxygen atoms in total. The number of nitrogens with zero attached hydrogens (tertiary/aromatic N) is 1. The zero-order valence-corrected chi connectivity index (χ0v) is 18.7. The third kappa shape index (κ3) is 6.83. The molecule has 150 valence electrons. The summed E-state index contributed by atoms with van der Waals surface area (Å²) in [5.74, 6) is 0.723. The number of hydrogen-bond acceptors (Lipinski definition) is 7. The smallest absolute Gasteiger partial charge is 0.193 e. The highest BCUT2D eigenvalue weighted by Crippen LogP contribution is 2.29. The Balaban J connectivity index is 0.00000364. The molecule has 0 radical (unpaired) electrons. The lowest BCUT2D eigenvalue weighted by atomic mass is 10.3. The Bertz CT molecular complexity index is 857. The molecule has 0 fully saturated rings. The number of sulfone groups is 1. The quantitative estimate of drug-likeness (QED) is 0.273. The van der Waals surface area contributed by atoms with Gasteiger partial charge in [-0.05, 0) is 23.6 Å². The minimum Gasteiger partial charge on any atom is -0.493 e. The first-order chi connectivity index (χ1) is 12.4. The van der Waals surface area contributed by atoms with E-state index in [9.17, 15) is 13.5 Å². The number of guanidine groups is 1. The number of aliphatic hydroxyl groups is 1. The highest BCUT2D eigenvalue weighted by Gasteiger charge is 2.20. The molecule has 0 amide bonds. The number of ether oxygens (including phenoxy) is 2. The van der Waals surface area contributed by atoms with Crippen molar-refractivity contribution in [1.29, 1.82) is 0 Å². The fourth-order valence-corrected chi connectivity index (χ4v) is 4.60. The molecule has 0 aliphatic heterocycles. The highest BCUT2D eigenvalue weighted by atomic mass is 127. The number of nitrogens with one attached hydrogen (secondary N) is 1. The van der Waals surface area contributed by atoms with E-state index < -0.39 is 21.7 Å². The van der Waals surface area contributed by atoms with Crippen LogP contribution < -0.4 is 20.5 Å². The van der Waals surface area contributed by atoms with Crippen molar-refractivity contribution >= 4 is 56.8 Å². The first-order valence-corrected chi connectivity index (χ1v) is 10.1. The van der Waals surface area contributed by atoms with Crippen molar-refractivity contribution in [3.63, 3.8) is 0 Å². The van der Waals surface area contributed by atoms with Gasteiger partial charge in [-0.25, -0.2) is 8.42 Å². The molecule has 4 N–H and O–H groups in total. The van der Waals surface area contributed by atoms with E-state index >= 15 is 0 Å². The summed E-state index contributed by atoms with van der Waals surface area (Å²) in [6.07, 6.45) is -1.16. The van der Waals surface area contributed by atoms with Crippen LogP contribution in [0.3, 0.4) is 0 Å². The normalized spacial score (nSPS) is 12.8. The number of aliphatic imine (C=N–C) groups is 1. The van der Waals surface area contributed by atoms with Gasteiger partial charge in [-0.3, -0.25) is 4.99 Å². The van der Waals surface area contributed by atoms with Crippen LogP contribution in [0.15, 0.2) is 44.9 Å². The number of hydrogen-bond donors (Lipinski definition) is 3. The lowest BCUT2D eigenvalue weighted by Gasteiger charge is -2.12. The number of thiophene rings is 1. The molecular formula is C16H22IN3O5S2. The summed E-state index contributed by atoms with van der Waals surface area (Å²) in [5, 5.41) is 14.5. The molecule has 27 heavy (non-hydrogen) atoms. The molecule has 0 aliphatic carbocycles. The molecule has 1 atom stereocenters. The van der Waals surface area contributed by atoms with E-state index in [1.54, 1.807) is 29.6 Å². The lowest BCUT2D eigenvalue weighted by molar-refractivity contribution is 0.206. The molecule has 0 spiro atoms. The Morgan fingerprint density at radius 3 is 2.59 bits per heavy atom. The SMILES string of the molecule is COc1ccc(NC(N)=NCC(O)CS(=O)(=O)c2cccs2)cc1OC.I. The van der Waals surface area contributed by atoms with E-state index in [1.165, 1.54) is 20.3 Å². The van der Waals surface area contributed by atoms with Crippen molar-refractivity contribution in [2.75, 3.05) is 31.8 Å². The van der Waals surface area contributed by atoms with Crippen LogP contribution in [-0.2, 0) is 9.84 Å². The van der Waals surface area contributed by atoms with Gasteiger partial charge in [-0.2, -0.15) is 0 Å². The van der Waals surface area contributed by atoms with Gasteiger partial charge in [-0.15, -0.1) is 35.3 Å². The number of methoxy groups -OCH3 is 2. The number of aliphatic hydroxyl groups excluding tert-OH is 1. The largest absolute Gasteiger partial charge is 0.493 e. The van der Waals surface area contributed by atoms with Gasteiger partial charge >= 0.3 is 0 Å². The highest BCUT2D eigenvalue weighted by molar-refractivity contribution is 14.0. The predicted molar refractivity (Wildman–Crippen MR) is 117 cm³/mol. The number of nitrogens with two attached hydrogens (primary N) is 1. The zero-order valence-electron chi connectivity index (χ0n) is 14.8. The monoisotopic (exact) mass is 527 g/mol. The molecule has 1 unspecified atom stereocenters. The van der Waals surface area contributed by atoms with Crippen LogP contribution in [0.1, 0.15) is 0 Å². The van der Waals surface area contributed by atoms with E-state index in [-0.39, 0.29) is 40.7 Å². The topological polar surface area (TPSA) is 123 Å². The molecule has 0 bridgehead atoms. The van der Waals surface area contributed by atoms with E-state index in [4.69, 9.17) is 15.2 Å². The fourth-order valence-electron chi connectivity index (χ4n) is 2.13. The third-order valence-corrected chi connectivity index (χ3v) is 6.63. The van der Waals surface area contributed by atoms with Crippen molar-refractivity contribution in [2.45, 2.75) is 10.3 Å². The summed E-state index contributed by atoms with van der Waals surface area (Å²) in [4.78, 5) is 3.98. The summed E-state index contributed by atoms with van der Waals surface area (Å²) in [7, 11) is -0.481. The maximum Gasteiger partial charge on any atom is 0.193 e. The zero-order chi connectivity index (χ0) is 19.2. The van der Waals surface area contributed by atoms with Gasteiger partial charge in [-0.1, -0.05) is 6.07 Å². The second kappa shape index (κ2) is 10.7. The van der Waals surface area contributed by atoms with Gasteiger partial charge < -0.3 is 25.6 Å². The predicted octanol–water partition coefficient (Wildman–Crippen LogP) is 1.94. The molecule has 2 rings (SSSR count). The molecule has 11 heteroatoms. The standard InChI is InChI=1S/C16H21N3O5S2.HI/c1-23-13-6-5-11(8-14(13)24-2)19-16(17)18-9-12(20)10-26(21,22)15-4-3-7-25-15;/h3-8,12,20H,9-10H2,1-2H3,(H3,17,18,19);1H. The van der Waals surface area contributed by atoms with Gasteiger partial charge in [0.25, 0.3) is 0 Å².